The van der Waals surface area contributed by atoms with Gasteiger partial charge in [-0.15, -0.1) is 0 Å². The zero-order valence-corrected chi connectivity index (χ0v) is 14.1. The van der Waals surface area contributed by atoms with Crippen LogP contribution in [0.1, 0.15) is 16.1 Å². The first-order chi connectivity index (χ1) is 12.2. The minimum Gasteiger partial charge on any atom is -0.467 e. The lowest BCUT2D eigenvalue weighted by molar-refractivity contribution is 0.0601. The Balaban J connectivity index is 1.57. The van der Waals surface area contributed by atoms with Crippen molar-refractivity contribution in [1.82, 2.24) is 10.2 Å². The summed E-state index contributed by atoms with van der Waals surface area (Å²) in [5.41, 5.74) is 1.38. The third-order valence-electron chi connectivity index (χ3n) is 4.21. The van der Waals surface area contributed by atoms with Gasteiger partial charge in [0.2, 0.25) is 0 Å². The van der Waals surface area contributed by atoms with Gasteiger partial charge in [0.05, 0.1) is 31.2 Å². The number of benzene rings is 1. The van der Waals surface area contributed by atoms with Crippen LogP contribution in [-0.2, 0) is 11.3 Å². The van der Waals surface area contributed by atoms with Gasteiger partial charge in [-0.05, 0) is 24.3 Å². The van der Waals surface area contributed by atoms with Gasteiger partial charge in [0.15, 0.2) is 0 Å². The molecule has 7 heteroatoms. The molecule has 7 nitrogen and oxygen atoms in total. The van der Waals surface area contributed by atoms with Gasteiger partial charge in [-0.3, -0.25) is 0 Å². The zero-order chi connectivity index (χ0) is 17.6. The van der Waals surface area contributed by atoms with E-state index in [4.69, 9.17) is 9.15 Å². The maximum absolute atomic E-state index is 12.2. The molecule has 1 aliphatic heterocycles. The maximum atomic E-state index is 12.2. The molecule has 1 saturated heterocycles. The summed E-state index contributed by atoms with van der Waals surface area (Å²) in [4.78, 5) is 28.0. The summed E-state index contributed by atoms with van der Waals surface area (Å²) in [5, 5.41) is 2.85. The Kier molecular flexibility index (Phi) is 5.23. The highest BCUT2D eigenvalue weighted by molar-refractivity contribution is 5.95. The van der Waals surface area contributed by atoms with E-state index in [-0.39, 0.29) is 12.0 Å². The Hall–Kier alpha value is -2.96. The van der Waals surface area contributed by atoms with Crippen LogP contribution in [0.2, 0.25) is 0 Å². The summed E-state index contributed by atoms with van der Waals surface area (Å²) in [6, 6.07) is 10.9. The lowest BCUT2D eigenvalue weighted by Crippen LogP contribution is -2.52. The molecular formula is C18H21N3O4. The number of amides is 2. The molecule has 0 saturated carbocycles. The molecule has 1 aromatic carbocycles. The lowest BCUT2D eigenvalue weighted by Gasteiger charge is -2.36. The second kappa shape index (κ2) is 7.74. The van der Waals surface area contributed by atoms with Crippen LogP contribution in [0.4, 0.5) is 10.5 Å². The van der Waals surface area contributed by atoms with Crippen molar-refractivity contribution in [3.05, 3.63) is 54.0 Å². The quantitative estimate of drug-likeness (QED) is 0.861. The van der Waals surface area contributed by atoms with Gasteiger partial charge >= 0.3 is 12.0 Å². The molecule has 0 atom stereocenters. The molecule has 1 aliphatic rings. The summed E-state index contributed by atoms with van der Waals surface area (Å²) < 4.78 is 10.1. The van der Waals surface area contributed by atoms with Crippen LogP contribution in [-0.4, -0.2) is 50.2 Å². The second-order valence-electron chi connectivity index (χ2n) is 5.72. The predicted molar refractivity (Wildman–Crippen MR) is 92.5 cm³/mol. The minimum atomic E-state index is -0.353. The van der Waals surface area contributed by atoms with Gasteiger partial charge < -0.3 is 24.3 Å². The van der Waals surface area contributed by atoms with Crippen molar-refractivity contribution in [2.24, 2.45) is 0 Å². The van der Waals surface area contributed by atoms with E-state index in [2.05, 4.69) is 10.2 Å². The van der Waals surface area contributed by atoms with E-state index in [1.807, 2.05) is 24.3 Å². The Morgan fingerprint density at radius 2 is 1.88 bits per heavy atom. The number of methoxy groups -OCH3 is 1. The molecule has 0 bridgehead atoms. The monoisotopic (exact) mass is 343 g/mol. The van der Waals surface area contributed by atoms with Gasteiger partial charge in [-0.2, -0.15) is 0 Å². The minimum absolute atomic E-state index is 0.114. The molecule has 0 aliphatic carbocycles. The van der Waals surface area contributed by atoms with E-state index in [0.29, 0.717) is 38.3 Å². The van der Waals surface area contributed by atoms with E-state index >= 15 is 0 Å². The van der Waals surface area contributed by atoms with E-state index in [1.54, 1.807) is 23.3 Å². The number of esters is 1. The number of ether oxygens (including phenoxy) is 1. The molecule has 2 heterocycles. The Bertz CT molecular complexity index is 722. The highest BCUT2D eigenvalue weighted by atomic mass is 16.5. The molecule has 1 N–H and O–H groups in total. The number of piperazine rings is 1. The molecule has 1 aromatic heterocycles. The van der Waals surface area contributed by atoms with Gasteiger partial charge in [-0.1, -0.05) is 12.1 Å². The predicted octanol–water partition coefficient (Wildman–Crippen LogP) is 2.10. The third-order valence-corrected chi connectivity index (χ3v) is 4.21. The first kappa shape index (κ1) is 16.9. The number of carbonyl (C=O) groups excluding carboxylic acids is 2. The number of para-hydroxylation sites is 1. The van der Waals surface area contributed by atoms with Crippen molar-refractivity contribution in [2.75, 3.05) is 38.2 Å². The number of carbonyl (C=O) groups is 2. The number of urea groups is 1. The summed E-state index contributed by atoms with van der Waals surface area (Å²) in [5.74, 6) is 0.369. The summed E-state index contributed by atoms with van der Waals surface area (Å²) >= 11 is 0. The van der Waals surface area contributed by atoms with Crippen LogP contribution in [0.3, 0.4) is 0 Å². The Morgan fingerprint density at radius 1 is 1.12 bits per heavy atom. The number of hydrogen-bond acceptors (Lipinski definition) is 5. The number of nitrogens with one attached hydrogen (secondary N) is 1. The number of furan rings is 1. The molecule has 0 radical (unpaired) electrons. The van der Waals surface area contributed by atoms with Crippen molar-refractivity contribution in [2.45, 2.75) is 6.54 Å². The SMILES string of the molecule is COC(=O)c1ccccc1N1CCN(C(=O)NCc2ccco2)CC1. The largest absolute Gasteiger partial charge is 0.467 e. The molecular weight excluding hydrogens is 322 g/mol. The number of rotatable bonds is 4. The highest BCUT2D eigenvalue weighted by Gasteiger charge is 2.24. The van der Waals surface area contributed by atoms with Gasteiger partial charge in [0.25, 0.3) is 0 Å². The van der Waals surface area contributed by atoms with Crippen LogP contribution >= 0.6 is 0 Å². The van der Waals surface area contributed by atoms with E-state index in [0.717, 1.165) is 11.4 Å². The number of nitrogens with zero attached hydrogens (tertiary/aromatic N) is 2. The molecule has 1 fully saturated rings. The zero-order valence-electron chi connectivity index (χ0n) is 14.1. The fraction of sp³-hybridized carbons (Fsp3) is 0.333. The first-order valence-corrected chi connectivity index (χ1v) is 8.16. The molecule has 3 rings (SSSR count). The molecule has 2 amide bonds. The van der Waals surface area contributed by atoms with E-state index < -0.39 is 0 Å². The van der Waals surface area contributed by atoms with E-state index in [9.17, 15) is 9.59 Å². The highest BCUT2D eigenvalue weighted by Crippen LogP contribution is 2.22. The summed E-state index contributed by atoms with van der Waals surface area (Å²) in [7, 11) is 1.38. The number of hydrogen-bond donors (Lipinski definition) is 1. The maximum Gasteiger partial charge on any atom is 0.339 e. The average molecular weight is 343 g/mol. The van der Waals surface area contributed by atoms with Gasteiger partial charge in [-0.25, -0.2) is 9.59 Å². The molecule has 0 spiro atoms. The topological polar surface area (TPSA) is 75.0 Å². The summed E-state index contributed by atoms with van der Waals surface area (Å²) in [6.07, 6.45) is 1.58. The first-order valence-electron chi connectivity index (χ1n) is 8.16. The molecule has 132 valence electrons. The third kappa shape index (κ3) is 3.93. The van der Waals surface area contributed by atoms with Crippen molar-refractivity contribution >= 4 is 17.7 Å². The number of anilines is 1. The normalized spacial score (nSPS) is 14.3. The van der Waals surface area contributed by atoms with Crippen LogP contribution in [0.25, 0.3) is 0 Å². The molecule has 25 heavy (non-hydrogen) atoms. The van der Waals surface area contributed by atoms with Crippen LogP contribution in [0, 0.1) is 0 Å². The van der Waals surface area contributed by atoms with Crippen molar-refractivity contribution < 1.29 is 18.7 Å². The lowest BCUT2D eigenvalue weighted by atomic mass is 10.1. The average Bonchev–Trinajstić information content (AvgIpc) is 3.19. The van der Waals surface area contributed by atoms with Crippen LogP contribution < -0.4 is 10.2 Å². The Labute approximate surface area is 146 Å². The van der Waals surface area contributed by atoms with Gasteiger partial charge in [0.1, 0.15) is 5.76 Å². The summed E-state index contributed by atoms with van der Waals surface area (Å²) in [6.45, 7) is 2.85. The van der Waals surface area contributed by atoms with Gasteiger partial charge in [0, 0.05) is 26.2 Å². The fourth-order valence-corrected chi connectivity index (χ4v) is 2.87. The van der Waals surface area contributed by atoms with Crippen LogP contribution in [0.5, 0.6) is 0 Å². The standard InChI is InChI=1S/C18H21N3O4/c1-24-17(22)15-6-2-3-7-16(15)20-8-10-21(11-9-20)18(23)19-13-14-5-4-12-25-14/h2-7,12H,8-11,13H2,1H3,(H,19,23). The van der Waals surface area contributed by atoms with Crippen molar-refractivity contribution in [3.8, 4) is 0 Å². The smallest absolute Gasteiger partial charge is 0.339 e. The molecule has 0 unspecified atom stereocenters. The van der Waals surface area contributed by atoms with Crippen LogP contribution in [0.15, 0.2) is 47.1 Å². The Morgan fingerprint density at radius 3 is 2.56 bits per heavy atom. The fourth-order valence-electron chi connectivity index (χ4n) is 2.87. The van der Waals surface area contributed by atoms with Crippen molar-refractivity contribution in [3.63, 3.8) is 0 Å². The molecule has 2 aromatic rings. The van der Waals surface area contributed by atoms with E-state index in [1.165, 1.54) is 7.11 Å². The van der Waals surface area contributed by atoms with Crippen molar-refractivity contribution in [1.29, 1.82) is 0 Å². The second-order valence-corrected chi connectivity index (χ2v) is 5.72.